The summed E-state index contributed by atoms with van der Waals surface area (Å²) in [6.45, 7) is 6.54. The molecule has 0 aliphatic heterocycles. The van der Waals surface area contributed by atoms with Gasteiger partial charge in [0.25, 0.3) is 0 Å². The van der Waals surface area contributed by atoms with Crippen molar-refractivity contribution in [2.75, 3.05) is 0 Å². The zero-order valence-electron chi connectivity index (χ0n) is 8.69. The molecule has 0 aliphatic carbocycles. The molecule has 4 nitrogen and oxygen atoms in total. The van der Waals surface area contributed by atoms with E-state index in [9.17, 15) is 15.0 Å². The Morgan fingerprint density at radius 1 is 1.71 bits per heavy atom. The number of rotatable bonds is 6. The molecule has 2 N–H and O–H groups in total. The van der Waals surface area contributed by atoms with Gasteiger partial charge in [-0.05, 0) is 13.3 Å². The lowest BCUT2D eigenvalue weighted by molar-refractivity contribution is -0.243. The van der Waals surface area contributed by atoms with Crippen molar-refractivity contribution < 1.29 is 19.7 Å². The molecule has 0 fully saturated rings. The third-order valence-corrected chi connectivity index (χ3v) is 1.99. The number of carbonyl (C=O) groups is 1. The fourth-order valence-corrected chi connectivity index (χ4v) is 0.991. The highest BCUT2D eigenvalue weighted by Crippen LogP contribution is 2.20. The molecule has 4 heteroatoms. The first-order valence-electron chi connectivity index (χ1n) is 4.72. The number of aliphatic hydroxyl groups excluding tert-OH is 1. The highest BCUT2D eigenvalue weighted by Gasteiger charge is 2.35. The van der Waals surface area contributed by atoms with E-state index >= 15 is 0 Å². The second-order valence-electron chi connectivity index (χ2n) is 3.25. The van der Waals surface area contributed by atoms with Gasteiger partial charge < -0.3 is 14.9 Å². The molecule has 0 aromatic heterocycles. The summed E-state index contributed by atoms with van der Waals surface area (Å²) in [5, 5.41) is 19.1. The smallest absolute Gasteiger partial charge is 0.332 e. The first-order valence-corrected chi connectivity index (χ1v) is 4.72. The second-order valence-corrected chi connectivity index (χ2v) is 3.25. The van der Waals surface area contributed by atoms with Crippen LogP contribution in [0.2, 0.25) is 0 Å². The maximum atomic E-state index is 10.9. The number of unbranched alkanes of at least 4 members (excludes halogenated alkanes) is 1. The molecule has 2 unspecified atom stereocenters. The monoisotopic (exact) mass is 202 g/mol. The highest BCUT2D eigenvalue weighted by molar-refractivity contribution is 5.81. The summed E-state index contributed by atoms with van der Waals surface area (Å²) in [7, 11) is 0. The van der Waals surface area contributed by atoms with E-state index in [2.05, 4.69) is 6.58 Å². The van der Waals surface area contributed by atoms with Gasteiger partial charge in [-0.15, -0.1) is 0 Å². The van der Waals surface area contributed by atoms with E-state index in [0.29, 0.717) is 6.42 Å². The summed E-state index contributed by atoms with van der Waals surface area (Å²) < 4.78 is 4.70. The minimum Gasteiger partial charge on any atom is -0.427 e. The number of aliphatic hydroxyl groups is 2. The molecular weight excluding hydrogens is 184 g/mol. The summed E-state index contributed by atoms with van der Waals surface area (Å²) in [4.78, 5) is 10.9. The predicted octanol–water partition coefficient (Wildman–Crippen LogP) is 0.975. The maximum Gasteiger partial charge on any atom is 0.332 e. The first-order chi connectivity index (χ1) is 6.46. The molecular formula is C10H18O4. The number of carbonyl (C=O) groups excluding carboxylic acids is 1. The lowest BCUT2D eigenvalue weighted by Gasteiger charge is -2.29. The van der Waals surface area contributed by atoms with Crippen molar-refractivity contribution in [1.82, 2.24) is 0 Å². The van der Waals surface area contributed by atoms with Crippen molar-refractivity contribution in [3.05, 3.63) is 12.7 Å². The molecule has 0 amide bonds. The molecule has 0 saturated carbocycles. The number of ether oxygens (including phenoxy) is 1. The summed E-state index contributed by atoms with van der Waals surface area (Å²) >= 11 is 0. The summed E-state index contributed by atoms with van der Waals surface area (Å²) in [6, 6.07) is 0. The Morgan fingerprint density at radius 3 is 2.64 bits per heavy atom. The van der Waals surface area contributed by atoms with Crippen molar-refractivity contribution in [2.45, 2.75) is 45.0 Å². The van der Waals surface area contributed by atoms with E-state index in [1.165, 1.54) is 6.92 Å². The van der Waals surface area contributed by atoms with Crippen LogP contribution in [0.25, 0.3) is 0 Å². The zero-order chi connectivity index (χ0) is 11.2. The van der Waals surface area contributed by atoms with Crippen LogP contribution >= 0.6 is 0 Å². The minimum atomic E-state index is -1.79. The second kappa shape index (κ2) is 5.78. The molecule has 0 radical (unpaired) electrons. The normalized spacial score (nSPS) is 16.9. The van der Waals surface area contributed by atoms with Crippen LogP contribution in [-0.4, -0.2) is 28.1 Å². The lowest BCUT2D eigenvalue weighted by Crippen LogP contribution is -2.44. The van der Waals surface area contributed by atoms with Crippen molar-refractivity contribution >= 4 is 5.97 Å². The molecule has 14 heavy (non-hydrogen) atoms. The van der Waals surface area contributed by atoms with Crippen molar-refractivity contribution in [3.63, 3.8) is 0 Å². The summed E-state index contributed by atoms with van der Waals surface area (Å²) in [5.41, 5.74) is 0. The number of hydrogen-bond donors (Lipinski definition) is 2. The van der Waals surface area contributed by atoms with Gasteiger partial charge >= 0.3 is 5.97 Å². The average Bonchev–Trinajstić information content (AvgIpc) is 2.14. The van der Waals surface area contributed by atoms with Gasteiger partial charge in [-0.2, -0.15) is 0 Å². The maximum absolute atomic E-state index is 10.9. The van der Waals surface area contributed by atoms with Gasteiger partial charge in [0.1, 0.15) is 6.10 Å². The molecule has 0 aliphatic rings. The van der Waals surface area contributed by atoms with Crippen LogP contribution in [0.15, 0.2) is 12.7 Å². The highest BCUT2D eigenvalue weighted by atomic mass is 16.7. The molecule has 0 aromatic carbocycles. The topological polar surface area (TPSA) is 66.8 Å². The van der Waals surface area contributed by atoms with E-state index in [-0.39, 0.29) is 6.42 Å². The molecule has 0 spiro atoms. The lowest BCUT2D eigenvalue weighted by atomic mass is 10.0. The van der Waals surface area contributed by atoms with Crippen LogP contribution in [-0.2, 0) is 9.53 Å². The van der Waals surface area contributed by atoms with Crippen LogP contribution in [0.1, 0.15) is 33.1 Å². The van der Waals surface area contributed by atoms with Gasteiger partial charge in [-0.25, -0.2) is 4.79 Å². The minimum absolute atomic E-state index is 0.223. The Kier molecular flexibility index (Phi) is 5.42. The largest absolute Gasteiger partial charge is 0.427 e. The van der Waals surface area contributed by atoms with Gasteiger partial charge in [0.15, 0.2) is 0 Å². The Hall–Kier alpha value is -0.870. The number of esters is 1. The Balaban J connectivity index is 4.38. The molecule has 0 aromatic rings. The van der Waals surface area contributed by atoms with Gasteiger partial charge in [0.05, 0.1) is 0 Å². The van der Waals surface area contributed by atoms with Crippen LogP contribution in [0.4, 0.5) is 0 Å². The van der Waals surface area contributed by atoms with Gasteiger partial charge in [-0.3, -0.25) is 0 Å². The number of hydrogen-bond acceptors (Lipinski definition) is 4. The quantitative estimate of drug-likeness (QED) is 0.382. The SMILES string of the molecule is C=CC(=O)OC(O)(CCCC)C(C)O. The average molecular weight is 202 g/mol. The Labute approximate surface area is 84.2 Å². The van der Waals surface area contributed by atoms with E-state index < -0.39 is 17.9 Å². The van der Waals surface area contributed by atoms with Gasteiger partial charge in [0.2, 0.25) is 5.79 Å². The fourth-order valence-electron chi connectivity index (χ4n) is 0.991. The fraction of sp³-hybridized carbons (Fsp3) is 0.700. The van der Waals surface area contributed by atoms with Gasteiger partial charge in [-0.1, -0.05) is 19.9 Å². The molecule has 0 bridgehead atoms. The first kappa shape index (κ1) is 13.1. The van der Waals surface area contributed by atoms with Crippen LogP contribution in [0.3, 0.4) is 0 Å². The third-order valence-electron chi connectivity index (χ3n) is 1.99. The van der Waals surface area contributed by atoms with E-state index in [0.717, 1.165) is 12.5 Å². The zero-order valence-corrected chi connectivity index (χ0v) is 8.69. The van der Waals surface area contributed by atoms with Crippen molar-refractivity contribution in [3.8, 4) is 0 Å². The molecule has 0 saturated heterocycles. The van der Waals surface area contributed by atoms with Crippen molar-refractivity contribution in [2.24, 2.45) is 0 Å². The van der Waals surface area contributed by atoms with Crippen LogP contribution in [0, 0.1) is 0 Å². The Bertz CT molecular complexity index is 200. The predicted molar refractivity (Wildman–Crippen MR) is 52.4 cm³/mol. The van der Waals surface area contributed by atoms with Crippen molar-refractivity contribution in [1.29, 1.82) is 0 Å². The summed E-state index contributed by atoms with van der Waals surface area (Å²) in [6.07, 6.45) is 1.59. The third kappa shape index (κ3) is 3.89. The van der Waals surface area contributed by atoms with Crippen LogP contribution < -0.4 is 0 Å². The van der Waals surface area contributed by atoms with Crippen LogP contribution in [0.5, 0.6) is 0 Å². The Morgan fingerprint density at radius 2 is 2.29 bits per heavy atom. The molecule has 2 atom stereocenters. The molecule has 0 rings (SSSR count). The summed E-state index contributed by atoms with van der Waals surface area (Å²) in [5.74, 6) is -2.52. The van der Waals surface area contributed by atoms with Gasteiger partial charge in [0, 0.05) is 12.5 Å². The van der Waals surface area contributed by atoms with E-state index in [4.69, 9.17) is 4.74 Å². The standard InChI is InChI=1S/C10H18O4/c1-4-6-7-10(13,8(3)11)14-9(12)5-2/h5,8,11,13H,2,4,6-7H2,1,3H3. The van der Waals surface area contributed by atoms with E-state index in [1.807, 2.05) is 6.92 Å². The molecule has 0 heterocycles. The molecule has 82 valence electrons. The van der Waals surface area contributed by atoms with E-state index in [1.54, 1.807) is 0 Å².